The Bertz CT molecular complexity index is 560. The lowest BCUT2D eigenvalue weighted by Gasteiger charge is -2.19. The summed E-state index contributed by atoms with van der Waals surface area (Å²) in [6.45, 7) is 1.70. The van der Waals surface area contributed by atoms with Gasteiger partial charge in [-0.15, -0.1) is 0 Å². The average Bonchev–Trinajstić information content (AvgIpc) is 2.89. The summed E-state index contributed by atoms with van der Waals surface area (Å²) in [5.41, 5.74) is 0.988. The Kier molecular flexibility index (Phi) is 6.68. The van der Waals surface area contributed by atoms with Crippen LogP contribution < -0.4 is 4.72 Å². The number of nitrogens with zero attached hydrogens (tertiary/aromatic N) is 1. The minimum atomic E-state index is -3.20. The summed E-state index contributed by atoms with van der Waals surface area (Å²) in [5, 5.41) is 0.668. The number of rotatable bonds is 8. The number of halogens is 1. The third kappa shape index (κ3) is 5.88. The lowest BCUT2D eigenvalue weighted by Crippen LogP contribution is -2.30. The van der Waals surface area contributed by atoms with E-state index >= 15 is 0 Å². The van der Waals surface area contributed by atoms with E-state index in [9.17, 15) is 8.42 Å². The fourth-order valence-corrected chi connectivity index (χ4v) is 4.11. The van der Waals surface area contributed by atoms with Crippen LogP contribution in [0.5, 0.6) is 0 Å². The number of sulfonamides is 1. The second-order valence-corrected chi connectivity index (χ2v) is 8.37. The lowest BCUT2D eigenvalue weighted by atomic mass is 10.1. The molecule has 0 aromatic heterocycles. The molecule has 0 radical (unpaired) electrons. The van der Waals surface area contributed by atoms with Crippen molar-refractivity contribution in [2.45, 2.75) is 38.1 Å². The third-order valence-electron chi connectivity index (χ3n) is 4.28. The van der Waals surface area contributed by atoms with E-state index in [1.165, 1.54) is 12.8 Å². The second-order valence-electron chi connectivity index (χ2n) is 6.01. The standard InChI is InChI=1S/C16H25ClN2O2S/c1-19-12-3-5-16(19)4-2-11-18-22(20,21)13-10-14-6-8-15(17)9-7-14/h6-9,16,18H,2-5,10-13H2,1H3/t16-/m1/s1. The topological polar surface area (TPSA) is 49.4 Å². The fraction of sp³-hybridized carbons (Fsp3) is 0.625. The number of nitrogens with one attached hydrogen (secondary N) is 1. The molecule has 1 fully saturated rings. The largest absolute Gasteiger partial charge is 0.303 e. The minimum Gasteiger partial charge on any atom is -0.303 e. The maximum Gasteiger partial charge on any atom is 0.211 e. The molecule has 4 nitrogen and oxygen atoms in total. The van der Waals surface area contributed by atoms with Gasteiger partial charge in [-0.3, -0.25) is 0 Å². The van der Waals surface area contributed by atoms with Gasteiger partial charge in [-0.2, -0.15) is 0 Å². The molecule has 22 heavy (non-hydrogen) atoms. The van der Waals surface area contributed by atoms with Crippen LogP contribution in [0.3, 0.4) is 0 Å². The van der Waals surface area contributed by atoms with Crippen LogP contribution in [0.4, 0.5) is 0 Å². The molecule has 1 aliphatic rings. The summed E-state index contributed by atoms with van der Waals surface area (Å²) >= 11 is 5.82. The first-order chi connectivity index (χ1) is 10.5. The first-order valence-corrected chi connectivity index (χ1v) is 9.91. The van der Waals surface area contributed by atoms with Crippen molar-refractivity contribution in [1.82, 2.24) is 9.62 Å². The van der Waals surface area contributed by atoms with Crippen LogP contribution in [0.2, 0.25) is 5.02 Å². The van der Waals surface area contributed by atoms with Gasteiger partial charge in [0.2, 0.25) is 10.0 Å². The van der Waals surface area contributed by atoms with Crippen LogP contribution in [-0.4, -0.2) is 45.2 Å². The van der Waals surface area contributed by atoms with Crippen molar-refractivity contribution >= 4 is 21.6 Å². The molecular weight excluding hydrogens is 320 g/mol. The maximum absolute atomic E-state index is 12.0. The normalized spacial score (nSPS) is 19.6. The first-order valence-electron chi connectivity index (χ1n) is 7.88. The summed E-state index contributed by atoms with van der Waals surface area (Å²) in [6.07, 6.45) is 4.97. The monoisotopic (exact) mass is 344 g/mol. The Morgan fingerprint density at radius 1 is 1.32 bits per heavy atom. The molecule has 1 N–H and O–H groups in total. The van der Waals surface area contributed by atoms with Crippen molar-refractivity contribution in [3.63, 3.8) is 0 Å². The summed E-state index contributed by atoms with van der Waals surface area (Å²) in [6, 6.07) is 7.93. The van der Waals surface area contributed by atoms with E-state index in [0.717, 1.165) is 24.9 Å². The highest BCUT2D eigenvalue weighted by Gasteiger charge is 2.20. The number of benzene rings is 1. The molecule has 1 aliphatic heterocycles. The summed E-state index contributed by atoms with van der Waals surface area (Å²) in [7, 11) is -1.05. The Balaban J connectivity index is 1.66. The Hall–Kier alpha value is -0.620. The highest BCUT2D eigenvalue weighted by Crippen LogP contribution is 2.18. The predicted octanol–water partition coefficient (Wildman–Crippen LogP) is 2.68. The number of hydrogen-bond donors (Lipinski definition) is 1. The van der Waals surface area contributed by atoms with Gasteiger partial charge in [0.25, 0.3) is 0 Å². The summed E-state index contributed by atoms with van der Waals surface area (Å²) in [4.78, 5) is 2.37. The van der Waals surface area contributed by atoms with E-state index in [2.05, 4.69) is 16.7 Å². The number of likely N-dealkylation sites (tertiary alicyclic amines) is 1. The Morgan fingerprint density at radius 2 is 2.05 bits per heavy atom. The van der Waals surface area contributed by atoms with Gasteiger partial charge in [-0.1, -0.05) is 23.7 Å². The van der Waals surface area contributed by atoms with Crippen LogP contribution in [0, 0.1) is 0 Å². The number of hydrogen-bond acceptors (Lipinski definition) is 3. The molecule has 1 heterocycles. The molecule has 124 valence electrons. The highest BCUT2D eigenvalue weighted by atomic mass is 35.5. The second kappa shape index (κ2) is 8.29. The third-order valence-corrected chi connectivity index (χ3v) is 5.92. The molecule has 1 saturated heterocycles. The fourth-order valence-electron chi connectivity index (χ4n) is 2.88. The Morgan fingerprint density at radius 3 is 2.68 bits per heavy atom. The van der Waals surface area contributed by atoms with Gasteiger partial charge < -0.3 is 4.90 Å². The van der Waals surface area contributed by atoms with Crippen molar-refractivity contribution in [2.75, 3.05) is 25.9 Å². The molecule has 1 aromatic carbocycles. The van der Waals surface area contributed by atoms with Gasteiger partial charge in [0.05, 0.1) is 5.75 Å². The maximum atomic E-state index is 12.0. The molecule has 6 heteroatoms. The molecule has 0 spiro atoms. The molecule has 0 bridgehead atoms. The smallest absolute Gasteiger partial charge is 0.211 e. The molecular formula is C16H25ClN2O2S. The average molecular weight is 345 g/mol. The van der Waals surface area contributed by atoms with Crippen LogP contribution in [0.1, 0.15) is 31.2 Å². The van der Waals surface area contributed by atoms with Gasteiger partial charge in [0, 0.05) is 17.6 Å². The molecule has 1 aromatic rings. The SMILES string of the molecule is CN1CCC[C@H]1CCCNS(=O)(=O)CCc1ccc(Cl)cc1. The van der Waals surface area contributed by atoms with E-state index in [4.69, 9.17) is 11.6 Å². The molecule has 1 atom stereocenters. The first kappa shape index (κ1) is 17.7. The van der Waals surface area contributed by atoms with Crippen LogP contribution in [-0.2, 0) is 16.4 Å². The van der Waals surface area contributed by atoms with Crippen molar-refractivity contribution in [1.29, 1.82) is 0 Å². The molecule has 0 unspecified atom stereocenters. The van der Waals surface area contributed by atoms with E-state index < -0.39 is 10.0 Å². The highest BCUT2D eigenvalue weighted by molar-refractivity contribution is 7.89. The van der Waals surface area contributed by atoms with E-state index in [-0.39, 0.29) is 5.75 Å². The minimum absolute atomic E-state index is 0.123. The zero-order valence-corrected chi connectivity index (χ0v) is 14.7. The van der Waals surface area contributed by atoms with Crippen molar-refractivity contribution < 1.29 is 8.42 Å². The predicted molar refractivity (Wildman–Crippen MR) is 91.8 cm³/mol. The van der Waals surface area contributed by atoms with Gasteiger partial charge in [0.1, 0.15) is 0 Å². The zero-order chi connectivity index (χ0) is 16.0. The summed E-state index contributed by atoms with van der Waals surface area (Å²) in [5.74, 6) is 0.123. The Labute approximate surface area is 138 Å². The van der Waals surface area contributed by atoms with Gasteiger partial charge >= 0.3 is 0 Å². The zero-order valence-electron chi connectivity index (χ0n) is 13.1. The van der Waals surface area contributed by atoms with Crippen molar-refractivity contribution in [2.24, 2.45) is 0 Å². The van der Waals surface area contributed by atoms with Crippen LogP contribution in [0.15, 0.2) is 24.3 Å². The van der Waals surface area contributed by atoms with E-state index in [1.54, 1.807) is 12.1 Å². The van der Waals surface area contributed by atoms with Gasteiger partial charge in [-0.25, -0.2) is 13.1 Å². The van der Waals surface area contributed by atoms with Crippen molar-refractivity contribution in [3.05, 3.63) is 34.9 Å². The van der Waals surface area contributed by atoms with Crippen molar-refractivity contribution in [3.8, 4) is 0 Å². The molecule has 2 rings (SSSR count). The van der Waals surface area contributed by atoms with Crippen LogP contribution >= 0.6 is 11.6 Å². The molecule has 0 saturated carbocycles. The lowest BCUT2D eigenvalue weighted by molar-refractivity contribution is 0.292. The quantitative estimate of drug-likeness (QED) is 0.738. The number of aryl methyl sites for hydroxylation is 1. The van der Waals surface area contributed by atoms with Gasteiger partial charge in [-0.05, 0) is 63.4 Å². The molecule has 0 aliphatic carbocycles. The van der Waals surface area contributed by atoms with Crippen LogP contribution in [0.25, 0.3) is 0 Å². The summed E-state index contributed by atoms with van der Waals surface area (Å²) < 4.78 is 26.7. The van der Waals surface area contributed by atoms with E-state index in [0.29, 0.717) is 24.0 Å². The van der Waals surface area contributed by atoms with E-state index in [1.807, 2.05) is 12.1 Å². The van der Waals surface area contributed by atoms with Gasteiger partial charge in [0.15, 0.2) is 0 Å². The molecule has 0 amide bonds.